The number of ether oxygens (including phenoxy) is 1. The summed E-state index contributed by atoms with van der Waals surface area (Å²) in [5.74, 6) is 6.10. The maximum atomic E-state index is 11.6. The number of aliphatic hydroxyl groups excluding tert-OH is 1. The van der Waals surface area contributed by atoms with Crippen LogP contribution in [-0.2, 0) is 17.8 Å². The summed E-state index contributed by atoms with van der Waals surface area (Å²) in [6.45, 7) is 0.795. The molecule has 24 heavy (non-hydrogen) atoms. The van der Waals surface area contributed by atoms with E-state index in [0.717, 1.165) is 16.7 Å². The van der Waals surface area contributed by atoms with Gasteiger partial charge in [0.1, 0.15) is 6.61 Å². The van der Waals surface area contributed by atoms with Gasteiger partial charge in [-0.2, -0.15) is 0 Å². The third-order valence-electron chi connectivity index (χ3n) is 3.35. The van der Waals surface area contributed by atoms with Gasteiger partial charge >= 0.3 is 6.09 Å². The molecule has 4 nitrogen and oxygen atoms in total. The number of benzene rings is 2. The standard InChI is InChI=1S/C20H21NO3/c22-15-13-19-11-5-4-10-18(19)12-6-7-14-21-20(23)24-16-17-8-2-1-3-9-17/h1-5,8-11,22H,7,13-16H2,(H,21,23). The molecule has 0 fully saturated rings. The van der Waals surface area contributed by atoms with E-state index in [9.17, 15) is 4.79 Å². The number of hydrogen-bond donors (Lipinski definition) is 2. The van der Waals surface area contributed by atoms with Crippen LogP contribution in [0.4, 0.5) is 4.79 Å². The van der Waals surface area contributed by atoms with E-state index in [1.807, 2.05) is 54.6 Å². The second kappa shape index (κ2) is 10.1. The van der Waals surface area contributed by atoms with E-state index in [0.29, 0.717) is 19.4 Å². The molecule has 2 rings (SSSR count). The van der Waals surface area contributed by atoms with Gasteiger partial charge in [-0.05, 0) is 23.6 Å². The first kappa shape index (κ1) is 17.6. The first-order valence-corrected chi connectivity index (χ1v) is 7.92. The Labute approximate surface area is 142 Å². The van der Waals surface area contributed by atoms with Gasteiger partial charge in [0.2, 0.25) is 0 Å². The molecular weight excluding hydrogens is 302 g/mol. The average Bonchev–Trinajstić information content (AvgIpc) is 2.62. The predicted octanol–water partition coefficient (Wildman–Crippen LogP) is 2.89. The van der Waals surface area contributed by atoms with Crippen molar-refractivity contribution in [3.8, 4) is 11.8 Å². The molecule has 0 aliphatic rings. The van der Waals surface area contributed by atoms with Crippen LogP contribution in [0.2, 0.25) is 0 Å². The third kappa shape index (κ3) is 6.15. The molecule has 0 saturated heterocycles. The van der Waals surface area contributed by atoms with Crippen molar-refractivity contribution in [3.05, 3.63) is 71.3 Å². The van der Waals surface area contributed by atoms with Crippen molar-refractivity contribution in [2.75, 3.05) is 13.2 Å². The molecule has 0 aliphatic carbocycles. The van der Waals surface area contributed by atoms with E-state index in [1.165, 1.54) is 0 Å². The van der Waals surface area contributed by atoms with Gasteiger partial charge in [0, 0.05) is 25.1 Å². The minimum absolute atomic E-state index is 0.105. The van der Waals surface area contributed by atoms with Gasteiger partial charge in [-0.3, -0.25) is 0 Å². The van der Waals surface area contributed by atoms with E-state index < -0.39 is 6.09 Å². The number of alkyl carbamates (subject to hydrolysis) is 1. The fourth-order valence-electron chi connectivity index (χ4n) is 2.14. The number of nitrogens with one attached hydrogen (secondary N) is 1. The van der Waals surface area contributed by atoms with Crippen molar-refractivity contribution in [1.29, 1.82) is 0 Å². The average molecular weight is 323 g/mol. The summed E-state index contributed by atoms with van der Waals surface area (Å²) in [7, 11) is 0. The van der Waals surface area contributed by atoms with Gasteiger partial charge in [0.25, 0.3) is 0 Å². The molecule has 2 aromatic carbocycles. The van der Waals surface area contributed by atoms with Crippen LogP contribution < -0.4 is 5.32 Å². The van der Waals surface area contributed by atoms with Gasteiger partial charge in [0.05, 0.1) is 0 Å². The summed E-state index contributed by atoms with van der Waals surface area (Å²) >= 11 is 0. The van der Waals surface area contributed by atoms with Gasteiger partial charge in [0.15, 0.2) is 0 Å². The molecule has 0 aromatic heterocycles. The van der Waals surface area contributed by atoms with Crippen LogP contribution in [0.1, 0.15) is 23.1 Å². The Hall–Kier alpha value is -2.77. The number of aliphatic hydroxyl groups is 1. The molecule has 124 valence electrons. The van der Waals surface area contributed by atoms with Gasteiger partial charge in [-0.1, -0.05) is 60.4 Å². The van der Waals surface area contributed by atoms with E-state index in [2.05, 4.69) is 17.2 Å². The van der Waals surface area contributed by atoms with E-state index in [-0.39, 0.29) is 13.2 Å². The van der Waals surface area contributed by atoms with Crippen molar-refractivity contribution in [3.63, 3.8) is 0 Å². The highest BCUT2D eigenvalue weighted by atomic mass is 16.5. The molecular formula is C20H21NO3. The van der Waals surface area contributed by atoms with E-state index >= 15 is 0 Å². The number of hydrogen-bond acceptors (Lipinski definition) is 3. The van der Waals surface area contributed by atoms with Crippen LogP contribution in [0.15, 0.2) is 54.6 Å². The zero-order chi connectivity index (χ0) is 17.0. The lowest BCUT2D eigenvalue weighted by Crippen LogP contribution is -2.24. The Balaban J connectivity index is 1.70. The minimum Gasteiger partial charge on any atom is -0.445 e. The highest BCUT2D eigenvalue weighted by Gasteiger charge is 2.01. The molecule has 0 bridgehead atoms. The lowest BCUT2D eigenvalue weighted by molar-refractivity contribution is 0.140. The van der Waals surface area contributed by atoms with Crippen molar-refractivity contribution < 1.29 is 14.6 Å². The van der Waals surface area contributed by atoms with E-state index in [1.54, 1.807) is 0 Å². The highest BCUT2D eigenvalue weighted by molar-refractivity contribution is 5.67. The maximum Gasteiger partial charge on any atom is 0.407 e. The Morgan fingerprint density at radius 1 is 1.08 bits per heavy atom. The molecule has 0 heterocycles. The lowest BCUT2D eigenvalue weighted by atomic mass is 10.1. The van der Waals surface area contributed by atoms with Crippen LogP contribution in [0, 0.1) is 11.8 Å². The van der Waals surface area contributed by atoms with Crippen LogP contribution >= 0.6 is 0 Å². The normalized spacial score (nSPS) is 9.71. The van der Waals surface area contributed by atoms with Gasteiger partial charge in [-0.25, -0.2) is 4.79 Å². The minimum atomic E-state index is -0.443. The Morgan fingerprint density at radius 2 is 1.83 bits per heavy atom. The van der Waals surface area contributed by atoms with Crippen LogP contribution in [0.25, 0.3) is 0 Å². The smallest absolute Gasteiger partial charge is 0.407 e. The summed E-state index contributed by atoms with van der Waals surface area (Å²) in [6.07, 6.45) is 0.685. The van der Waals surface area contributed by atoms with Crippen LogP contribution in [0.5, 0.6) is 0 Å². The number of amides is 1. The first-order valence-electron chi connectivity index (χ1n) is 7.92. The third-order valence-corrected chi connectivity index (χ3v) is 3.35. The second-order valence-corrected chi connectivity index (χ2v) is 5.17. The van der Waals surface area contributed by atoms with Crippen molar-refractivity contribution >= 4 is 6.09 Å². The molecule has 4 heteroatoms. The second-order valence-electron chi connectivity index (χ2n) is 5.17. The molecule has 0 unspecified atom stereocenters. The summed E-state index contributed by atoms with van der Waals surface area (Å²) in [5, 5.41) is 11.7. The zero-order valence-electron chi connectivity index (χ0n) is 13.5. The number of carbonyl (C=O) groups is 1. The Bertz CT molecular complexity index is 702. The molecule has 2 aromatic rings. The van der Waals surface area contributed by atoms with Crippen molar-refractivity contribution in [2.24, 2.45) is 0 Å². The zero-order valence-corrected chi connectivity index (χ0v) is 13.5. The number of rotatable bonds is 6. The largest absolute Gasteiger partial charge is 0.445 e. The fraction of sp³-hybridized carbons (Fsp3) is 0.250. The summed E-state index contributed by atoms with van der Waals surface area (Å²) in [4.78, 5) is 11.6. The molecule has 0 aliphatic heterocycles. The molecule has 0 atom stereocenters. The molecule has 0 saturated carbocycles. The maximum absolute atomic E-state index is 11.6. The van der Waals surface area contributed by atoms with Crippen molar-refractivity contribution in [2.45, 2.75) is 19.4 Å². The Morgan fingerprint density at radius 3 is 2.62 bits per heavy atom. The summed E-state index contributed by atoms with van der Waals surface area (Å²) < 4.78 is 5.12. The lowest BCUT2D eigenvalue weighted by Gasteiger charge is -2.05. The molecule has 1 amide bonds. The topological polar surface area (TPSA) is 58.6 Å². The Kier molecular flexibility index (Phi) is 7.39. The summed E-state index contributed by atoms with van der Waals surface area (Å²) in [5.41, 5.74) is 2.90. The summed E-state index contributed by atoms with van der Waals surface area (Å²) in [6, 6.07) is 17.3. The molecule has 0 spiro atoms. The van der Waals surface area contributed by atoms with Crippen molar-refractivity contribution in [1.82, 2.24) is 5.32 Å². The number of carbonyl (C=O) groups excluding carboxylic acids is 1. The van der Waals surface area contributed by atoms with Crippen LogP contribution in [-0.4, -0.2) is 24.4 Å². The molecule has 0 radical (unpaired) electrons. The SMILES string of the molecule is O=C(NCCC#Cc1ccccc1CCO)OCc1ccccc1. The first-order chi connectivity index (χ1) is 11.8. The molecule has 2 N–H and O–H groups in total. The van der Waals surface area contributed by atoms with Gasteiger partial charge in [-0.15, -0.1) is 0 Å². The predicted molar refractivity (Wildman–Crippen MR) is 93.4 cm³/mol. The quantitative estimate of drug-likeness (QED) is 0.635. The fourth-order valence-corrected chi connectivity index (χ4v) is 2.14. The van der Waals surface area contributed by atoms with E-state index in [4.69, 9.17) is 9.84 Å². The highest BCUT2D eigenvalue weighted by Crippen LogP contribution is 2.07. The van der Waals surface area contributed by atoms with Gasteiger partial charge < -0.3 is 15.2 Å². The monoisotopic (exact) mass is 323 g/mol. The van der Waals surface area contributed by atoms with Crippen LogP contribution in [0.3, 0.4) is 0 Å².